The highest BCUT2D eigenvalue weighted by Gasteiger charge is 2.27. The number of unbranched alkanes of at least 4 members (excludes halogenated alkanes) is 3. The second-order valence-electron chi connectivity index (χ2n) is 6.40. The Labute approximate surface area is 138 Å². The molecule has 0 radical (unpaired) electrons. The number of hydrogen-bond acceptors (Lipinski definition) is 3. The van der Waals surface area contributed by atoms with Crippen molar-refractivity contribution in [2.24, 2.45) is 11.8 Å². The summed E-state index contributed by atoms with van der Waals surface area (Å²) >= 11 is 0. The second-order valence-corrected chi connectivity index (χ2v) is 6.40. The van der Waals surface area contributed by atoms with E-state index in [9.17, 15) is 4.79 Å². The molecule has 1 aromatic rings. The molecule has 0 saturated carbocycles. The van der Waals surface area contributed by atoms with Crippen molar-refractivity contribution < 1.29 is 19.4 Å². The zero-order valence-corrected chi connectivity index (χ0v) is 13.8. The van der Waals surface area contributed by atoms with Gasteiger partial charge in [-0.05, 0) is 24.3 Å². The predicted molar refractivity (Wildman–Crippen MR) is 89.2 cm³/mol. The molecule has 1 saturated heterocycles. The molecule has 23 heavy (non-hydrogen) atoms. The Morgan fingerprint density at radius 1 is 1.09 bits per heavy atom. The minimum Gasteiger partial charge on any atom is -0.481 e. The third-order valence-corrected chi connectivity index (χ3v) is 4.49. The van der Waals surface area contributed by atoms with Crippen molar-refractivity contribution in [3.05, 3.63) is 35.9 Å². The van der Waals surface area contributed by atoms with Crippen LogP contribution in [0.15, 0.2) is 30.3 Å². The molecule has 0 spiro atoms. The van der Waals surface area contributed by atoms with Crippen LogP contribution in [0.25, 0.3) is 0 Å². The SMILES string of the molecule is O=C(O)CCCCCC[C@H]1COC[C@H]1COCc1ccccc1. The van der Waals surface area contributed by atoms with Crippen LogP contribution < -0.4 is 0 Å². The maximum atomic E-state index is 10.5. The molecule has 0 unspecified atom stereocenters. The lowest BCUT2D eigenvalue weighted by Crippen LogP contribution is -2.18. The van der Waals surface area contributed by atoms with Crippen LogP contribution in [0.1, 0.15) is 44.1 Å². The number of aliphatic carboxylic acids is 1. The third kappa shape index (κ3) is 7.14. The summed E-state index contributed by atoms with van der Waals surface area (Å²) in [6.07, 6.45) is 5.52. The Balaban J connectivity index is 1.56. The van der Waals surface area contributed by atoms with Crippen LogP contribution in [-0.4, -0.2) is 30.9 Å². The van der Waals surface area contributed by atoms with E-state index in [2.05, 4.69) is 12.1 Å². The Morgan fingerprint density at radius 3 is 2.61 bits per heavy atom. The summed E-state index contributed by atoms with van der Waals surface area (Å²) in [6, 6.07) is 10.2. The van der Waals surface area contributed by atoms with Gasteiger partial charge in [0.15, 0.2) is 0 Å². The zero-order chi connectivity index (χ0) is 16.3. The number of ether oxygens (including phenoxy) is 2. The lowest BCUT2D eigenvalue weighted by Gasteiger charge is -2.17. The number of carboxylic acids is 1. The molecule has 0 bridgehead atoms. The van der Waals surface area contributed by atoms with Crippen molar-refractivity contribution in [3.8, 4) is 0 Å². The summed E-state index contributed by atoms with van der Waals surface area (Å²) in [6.45, 7) is 3.07. The highest BCUT2D eigenvalue weighted by Crippen LogP contribution is 2.26. The van der Waals surface area contributed by atoms with Crippen molar-refractivity contribution in [3.63, 3.8) is 0 Å². The van der Waals surface area contributed by atoms with Gasteiger partial charge in [0.05, 0.1) is 19.8 Å². The molecular formula is C19H28O4. The summed E-state index contributed by atoms with van der Waals surface area (Å²) < 4.78 is 11.5. The van der Waals surface area contributed by atoms with Crippen molar-refractivity contribution in [2.45, 2.75) is 45.1 Å². The van der Waals surface area contributed by atoms with Gasteiger partial charge >= 0.3 is 5.97 Å². The minimum absolute atomic E-state index is 0.294. The minimum atomic E-state index is -0.690. The van der Waals surface area contributed by atoms with Crippen LogP contribution in [-0.2, 0) is 20.9 Å². The van der Waals surface area contributed by atoms with Gasteiger partial charge in [0.2, 0.25) is 0 Å². The van der Waals surface area contributed by atoms with Crippen LogP contribution in [0.4, 0.5) is 0 Å². The van der Waals surface area contributed by atoms with Crippen molar-refractivity contribution in [2.75, 3.05) is 19.8 Å². The van der Waals surface area contributed by atoms with Crippen molar-refractivity contribution >= 4 is 5.97 Å². The molecule has 0 aromatic heterocycles. The maximum Gasteiger partial charge on any atom is 0.303 e. The van der Waals surface area contributed by atoms with E-state index >= 15 is 0 Å². The van der Waals surface area contributed by atoms with Crippen molar-refractivity contribution in [1.82, 2.24) is 0 Å². The number of rotatable bonds is 11. The molecule has 1 aliphatic heterocycles. The summed E-state index contributed by atoms with van der Waals surface area (Å²) in [5.74, 6) is 0.396. The Morgan fingerprint density at radius 2 is 1.83 bits per heavy atom. The largest absolute Gasteiger partial charge is 0.481 e. The number of benzene rings is 1. The Bertz CT molecular complexity index is 446. The summed E-state index contributed by atoms with van der Waals surface area (Å²) in [4.78, 5) is 10.5. The molecule has 2 rings (SSSR count). The van der Waals surface area contributed by atoms with Gasteiger partial charge in [-0.1, -0.05) is 49.6 Å². The van der Waals surface area contributed by atoms with Gasteiger partial charge in [0.1, 0.15) is 0 Å². The average molecular weight is 320 g/mol. The summed E-state index contributed by atoms with van der Waals surface area (Å²) in [7, 11) is 0. The maximum absolute atomic E-state index is 10.5. The van der Waals surface area contributed by atoms with E-state index < -0.39 is 5.97 Å². The molecule has 1 aromatic carbocycles. The van der Waals surface area contributed by atoms with Crippen LogP contribution in [0.2, 0.25) is 0 Å². The first kappa shape index (κ1) is 18.0. The van der Waals surface area contributed by atoms with Gasteiger partial charge in [-0.25, -0.2) is 0 Å². The number of carboxylic acid groups (broad SMARTS) is 1. The highest BCUT2D eigenvalue weighted by atomic mass is 16.5. The van der Waals surface area contributed by atoms with Gasteiger partial charge in [0, 0.05) is 18.9 Å². The molecular weight excluding hydrogens is 292 g/mol. The van der Waals surface area contributed by atoms with Gasteiger partial charge in [-0.15, -0.1) is 0 Å². The second kappa shape index (κ2) is 10.4. The van der Waals surface area contributed by atoms with Crippen LogP contribution in [0.5, 0.6) is 0 Å². The molecule has 1 N–H and O–H groups in total. The first-order valence-corrected chi connectivity index (χ1v) is 8.67. The standard InChI is InChI=1S/C19H28O4/c20-19(21)11-7-2-1-6-10-17-13-23-15-18(17)14-22-12-16-8-4-3-5-9-16/h3-5,8-9,17-18H,1-2,6-7,10-15H2,(H,20,21)/t17-,18+/m0/s1. The first-order chi connectivity index (χ1) is 11.3. The smallest absolute Gasteiger partial charge is 0.303 e. The van der Waals surface area contributed by atoms with Gasteiger partial charge < -0.3 is 14.6 Å². The highest BCUT2D eigenvalue weighted by molar-refractivity contribution is 5.66. The Kier molecular flexibility index (Phi) is 8.12. The van der Waals surface area contributed by atoms with Crippen LogP contribution in [0.3, 0.4) is 0 Å². The lowest BCUT2D eigenvalue weighted by molar-refractivity contribution is -0.137. The lowest BCUT2D eigenvalue weighted by atomic mass is 9.91. The molecule has 4 nitrogen and oxygen atoms in total. The van der Waals surface area contributed by atoms with E-state index in [4.69, 9.17) is 14.6 Å². The molecule has 4 heteroatoms. The topological polar surface area (TPSA) is 55.8 Å². The van der Waals surface area contributed by atoms with Crippen LogP contribution >= 0.6 is 0 Å². The average Bonchev–Trinajstić information content (AvgIpc) is 2.99. The molecule has 0 amide bonds. The van der Waals surface area contributed by atoms with E-state index in [0.717, 1.165) is 51.9 Å². The Hall–Kier alpha value is -1.39. The number of hydrogen-bond donors (Lipinski definition) is 1. The summed E-state index contributed by atoms with van der Waals surface area (Å²) in [5, 5.41) is 8.61. The zero-order valence-electron chi connectivity index (χ0n) is 13.8. The van der Waals surface area contributed by atoms with E-state index in [0.29, 0.717) is 24.9 Å². The van der Waals surface area contributed by atoms with Crippen molar-refractivity contribution in [1.29, 1.82) is 0 Å². The van der Waals surface area contributed by atoms with Gasteiger partial charge in [-0.3, -0.25) is 4.79 Å². The van der Waals surface area contributed by atoms with Gasteiger partial charge in [0.25, 0.3) is 0 Å². The summed E-state index contributed by atoms with van der Waals surface area (Å²) in [5.41, 5.74) is 1.21. The molecule has 2 atom stereocenters. The normalized spacial score (nSPS) is 20.7. The molecule has 128 valence electrons. The quantitative estimate of drug-likeness (QED) is 0.628. The third-order valence-electron chi connectivity index (χ3n) is 4.49. The molecule has 1 fully saturated rings. The van der Waals surface area contributed by atoms with E-state index in [1.807, 2.05) is 18.2 Å². The number of carbonyl (C=O) groups is 1. The van der Waals surface area contributed by atoms with E-state index in [1.165, 1.54) is 5.56 Å². The fraction of sp³-hybridized carbons (Fsp3) is 0.632. The van der Waals surface area contributed by atoms with Gasteiger partial charge in [-0.2, -0.15) is 0 Å². The fourth-order valence-electron chi connectivity index (χ4n) is 3.08. The first-order valence-electron chi connectivity index (χ1n) is 8.67. The fourth-order valence-corrected chi connectivity index (χ4v) is 3.08. The molecule has 1 aliphatic rings. The monoisotopic (exact) mass is 320 g/mol. The van der Waals surface area contributed by atoms with E-state index in [1.54, 1.807) is 0 Å². The molecule has 0 aliphatic carbocycles. The van der Waals surface area contributed by atoms with E-state index in [-0.39, 0.29) is 0 Å². The van der Waals surface area contributed by atoms with Crippen LogP contribution in [0, 0.1) is 11.8 Å². The molecule has 1 heterocycles. The predicted octanol–water partition coefficient (Wildman–Crippen LogP) is 3.89.